The third-order valence-electron chi connectivity index (χ3n) is 2.93. The Morgan fingerprint density at radius 2 is 1.82 bits per heavy atom. The summed E-state index contributed by atoms with van der Waals surface area (Å²) < 4.78 is 0. The quantitative estimate of drug-likeness (QED) is 0.522. The number of hydrogen-bond donors (Lipinski definition) is 0. The summed E-state index contributed by atoms with van der Waals surface area (Å²) in [5.41, 5.74) is 0.147. The first-order valence-corrected chi connectivity index (χ1v) is 4.10. The molecule has 0 amide bonds. The lowest BCUT2D eigenvalue weighted by atomic mass is 10.1. The lowest BCUT2D eigenvalue weighted by Crippen LogP contribution is -2.56. The fourth-order valence-corrected chi connectivity index (χ4v) is 1.31. The van der Waals surface area contributed by atoms with E-state index in [0.29, 0.717) is 6.04 Å². The lowest BCUT2D eigenvalue weighted by molar-refractivity contribution is 0.00515. The second-order valence-corrected chi connectivity index (χ2v) is 3.80. The van der Waals surface area contributed by atoms with Gasteiger partial charge in [0, 0.05) is 13.1 Å². The number of nitrogens with zero attached hydrogens (tertiary/aromatic N) is 2. The molecule has 64 valence electrons. The van der Waals surface area contributed by atoms with Crippen LogP contribution >= 0.6 is 0 Å². The molecule has 0 radical (unpaired) electrons. The predicted molar refractivity (Wildman–Crippen MR) is 48.2 cm³/mol. The third kappa shape index (κ3) is 1.27. The Morgan fingerprint density at radius 1 is 1.27 bits per heavy atom. The Labute approximate surface area is 69.5 Å². The number of likely N-dealkylation sites (N-methyl/N-ethyl adjacent to an activating group) is 1. The van der Waals surface area contributed by atoms with E-state index in [9.17, 15) is 0 Å². The molecule has 1 heterocycles. The van der Waals surface area contributed by atoms with E-state index in [-0.39, 0.29) is 5.66 Å². The van der Waals surface area contributed by atoms with Gasteiger partial charge >= 0.3 is 0 Å². The Kier molecular flexibility index (Phi) is 1.97. The minimum Gasteiger partial charge on any atom is -0.363 e. The molecule has 0 bridgehead atoms. The van der Waals surface area contributed by atoms with Crippen molar-refractivity contribution in [1.82, 2.24) is 9.80 Å². The molecule has 0 aromatic carbocycles. The Balaban J connectivity index is 2.88. The summed E-state index contributed by atoms with van der Waals surface area (Å²) in [6.07, 6.45) is 4.37. The zero-order valence-corrected chi connectivity index (χ0v) is 8.13. The molecular formula is C9H18N2. The molecule has 0 saturated carbocycles. The fraction of sp³-hybridized carbons (Fsp3) is 0.778. The monoisotopic (exact) mass is 154 g/mol. The first-order valence-electron chi connectivity index (χ1n) is 4.10. The molecule has 1 atom stereocenters. The summed E-state index contributed by atoms with van der Waals surface area (Å²) >= 11 is 0. The summed E-state index contributed by atoms with van der Waals surface area (Å²) in [6.45, 7) is 6.67. The molecule has 0 fully saturated rings. The standard InChI is InChI=1S/C9H18N2/c1-8-6-7-10(4)9(2,3)11(8)5/h6-8H,1-5H3. The van der Waals surface area contributed by atoms with Gasteiger partial charge in [0.15, 0.2) is 0 Å². The summed E-state index contributed by atoms with van der Waals surface area (Å²) in [6, 6.07) is 0.543. The van der Waals surface area contributed by atoms with E-state index in [1.807, 2.05) is 0 Å². The van der Waals surface area contributed by atoms with Crippen LogP contribution in [0.25, 0.3) is 0 Å². The maximum atomic E-state index is 2.35. The van der Waals surface area contributed by atoms with Gasteiger partial charge in [0.05, 0.1) is 5.66 Å². The molecule has 0 aliphatic carbocycles. The van der Waals surface area contributed by atoms with E-state index in [2.05, 4.69) is 56.9 Å². The first kappa shape index (κ1) is 8.60. The van der Waals surface area contributed by atoms with Gasteiger partial charge in [-0.2, -0.15) is 0 Å². The van der Waals surface area contributed by atoms with Gasteiger partial charge in [0.1, 0.15) is 0 Å². The molecule has 1 unspecified atom stereocenters. The largest absolute Gasteiger partial charge is 0.363 e. The number of hydrogen-bond acceptors (Lipinski definition) is 2. The highest BCUT2D eigenvalue weighted by atomic mass is 15.4. The Hall–Kier alpha value is -0.500. The smallest absolute Gasteiger partial charge is 0.0869 e. The van der Waals surface area contributed by atoms with Crippen LogP contribution in [0.15, 0.2) is 12.3 Å². The maximum Gasteiger partial charge on any atom is 0.0869 e. The molecule has 0 aromatic heterocycles. The van der Waals surface area contributed by atoms with E-state index < -0.39 is 0 Å². The average Bonchev–Trinajstić information content (AvgIpc) is 1.95. The topological polar surface area (TPSA) is 6.48 Å². The van der Waals surface area contributed by atoms with Crippen molar-refractivity contribution in [3.8, 4) is 0 Å². The lowest BCUT2D eigenvalue weighted by Gasteiger charge is -2.48. The second kappa shape index (κ2) is 2.52. The van der Waals surface area contributed by atoms with Crippen molar-refractivity contribution in [2.24, 2.45) is 0 Å². The Morgan fingerprint density at radius 3 is 2.27 bits per heavy atom. The van der Waals surface area contributed by atoms with Gasteiger partial charge < -0.3 is 4.90 Å². The highest BCUT2D eigenvalue weighted by molar-refractivity contribution is 5.02. The van der Waals surface area contributed by atoms with Crippen LogP contribution < -0.4 is 0 Å². The van der Waals surface area contributed by atoms with Crippen molar-refractivity contribution in [3.05, 3.63) is 12.3 Å². The van der Waals surface area contributed by atoms with Crippen LogP contribution in [-0.2, 0) is 0 Å². The molecule has 0 saturated heterocycles. The predicted octanol–water partition coefficient (Wildman–Crippen LogP) is 1.50. The van der Waals surface area contributed by atoms with Gasteiger partial charge in [-0.25, -0.2) is 0 Å². The van der Waals surface area contributed by atoms with Crippen molar-refractivity contribution in [3.63, 3.8) is 0 Å². The molecule has 11 heavy (non-hydrogen) atoms. The van der Waals surface area contributed by atoms with Crippen LogP contribution in [0.3, 0.4) is 0 Å². The van der Waals surface area contributed by atoms with E-state index in [1.165, 1.54) is 0 Å². The highest BCUT2D eigenvalue weighted by Gasteiger charge is 2.31. The minimum atomic E-state index is 0.147. The molecular weight excluding hydrogens is 136 g/mol. The van der Waals surface area contributed by atoms with E-state index >= 15 is 0 Å². The molecule has 1 rings (SSSR count). The maximum absolute atomic E-state index is 2.35. The van der Waals surface area contributed by atoms with Gasteiger partial charge in [-0.15, -0.1) is 0 Å². The van der Waals surface area contributed by atoms with Gasteiger partial charge in [-0.3, -0.25) is 4.90 Å². The van der Waals surface area contributed by atoms with Crippen LogP contribution in [0.4, 0.5) is 0 Å². The average molecular weight is 154 g/mol. The van der Waals surface area contributed by atoms with Crippen LogP contribution in [0, 0.1) is 0 Å². The fourth-order valence-electron chi connectivity index (χ4n) is 1.31. The minimum absolute atomic E-state index is 0.147. The van der Waals surface area contributed by atoms with Crippen molar-refractivity contribution >= 4 is 0 Å². The van der Waals surface area contributed by atoms with Crippen LogP contribution in [0.5, 0.6) is 0 Å². The van der Waals surface area contributed by atoms with Gasteiger partial charge in [-0.1, -0.05) is 6.08 Å². The Bertz CT molecular complexity index is 172. The number of rotatable bonds is 0. The summed E-state index contributed by atoms with van der Waals surface area (Å²) in [5.74, 6) is 0. The van der Waals surface area contributed by atoms with Crippen molar-refractivity contribution in [1.29, 1.82) is 0 Å². The molecule has 1 aliphatic heterocycles. The SMILES string of the molecule is CC1C=CN(C)C(C)(C)N1C. The normalized spacial score (nSPS) is 31.0. The first-order chi connectivity index (χ1) is 4.96. The van der Waals surface area contributed by atoms with Crippen LogP contribution in [0.1, 0.15) is 20.8 Å². The zero-order valence-electron chi connectivity index (χ0n) is 8.13. The van der Waals surface area contributed by atoms with Crippen molar-refractivity contribution < 1.29 is 0 Å². The van der Waals surface area contributed by atoms with Crippen molar-refractivity contribution in [2.75, 3.05) is 14.1 Å². The summed E-state index contributed by atoms with van der Waals surface area (Å²) in [5, 5.41) is 0. The van der Waals surface area contributed by atoms with E-state index in [4.69, 9.17) is 0 Å². The van der Waals surface area contributed by atoms with Gasteiger partial charge in [0.25, 0.3) is 0 Å². The van der Waals surface area contributed by atoms with Crippen LogP contribution in [-0.4, -0.2) is 35.6 Å². The summed E-state index contributed by atoms with van der Waals surface area (Å²) in [7, 11) is 4.27. The molecule has 0 aromatic rings. The third-order valence-corrected chi connectivity index (χ3v) is 2.93. The molecule has 1 aliphatic rings. The molecule has 2 heteroatoms. The van der Waals surface area contributed by atoms with Crippen LogP contribution in [0.2, 0.25) is 0 Å². The second-order valence-electron chi connectivity index (χ2n) is 3.80. The van der Waals surface area contributed by atoms with Gasteiger partial charge in [-0.05, 0) is 34.0 Å². The van der Waals surface area contributed by atoms with Crippen molar-refractivity contribution in [2.45, 2.75) is 32.5 Å². The van der Waals surface area contributed by atoms with Gasteiger partial charge in [0.2, 0.25) is 0 Å². The highest BCUT2D eigenvalue weighted by Crippen LogP contribution is 2.23. The molecule has 0 spiro atoms. The zero-order chi connectivity index (χ0) is 8.65. The van der Waals surface area contributed by atoms with E-state index in [1.54, 1.807) is 0 Å². The summed E-state index contributed by atoms with van der Waals surface area (Å²) in [4.78, 5) is 4.58. The van der Waals surface area contributed by atoms with E-state index in [0.717, 1.165) is 0 Å². The molecule has 0 N–H and O–H groups in total. The molecule has 2 nitrogen and oxygen atoms in total.